The second-order valence-electron chi connectivity index (χ2n) is 3.58. The zero-order valence-electron chi connectivity index (χ0n) is 10.8. The van der Waals surface area contributed by atoms with Crippen LogP contribution < -0.4 is 0 Å². The maximum Gasteiger partial charge on any atom is 0.309 e. The first-order valence-electron chi connectivity index (χ1n) is 5.88. The highest BCUT2D eigenvalue weighted by Gasteiger charge is 2.07. The van der Waals surface area contributed by atoms with E-state index in [0.717, 1.165) is 10.6 Å². The highest BCUT2D eigenvalue weighted by Crippen LogP contribution is 2.24. The molecule has 0 amide bonds. The fraction of sp³-hybridized carbons (Fsp3) is 0.286. The average molecular weight is 263 g/mol. The molecule has 1 aromatic heterocycles. The molecule has 0 aliphatic heterocycles. The van der Waals surface area contributed by atoms with Gasteiger partial charge in [-0.3, -0.25) is 4.79 Å². The first-order valence-corrected chi connectivity index (χ1v) is 6.76. The number of aryl methyl sites for hydroxylation is 1. The van der Waals surface area contributed by atoms with Crippen molar-refractivity contribution < 1.29 is 9.90 Å². The molecule has 0 aliphatic rings. The maximum absolute atomic E-state index is 10.5. The van der Waals surface area contributed by atoms with Crippen molar-refractivity contribution in [3.63, 3.8) is 0 Å². The molecule has 0 spiro atoms. The van der Waals surface area contributed by atoms with Gasteiger partial charge in [-0.15, -0.1) is 11.3 Å². The quantitative estimate of drug-likeness (QED) is 0.917. The minimum absolute atomic E-state index is 0.0116. The van der Waals surface area contributed by atoms with Gasteiger partial charge >= 0.3 is 5.97 Å². The highest BCUT2D eigenvalue weighted by molar-refractivity contribution is 7.13. The van der Waals surface area contributed by atoms with Crippen LogP contribution in [0.4, 0.5) is 0 Å². The van der Waals surface area contributed by atoms with Crippen LogP contribution in [0.5, 0.6) is 0 Å². The molecule has 0 radical (unpaired) electrons. The topological polar surface area (TPSA) is 50.2 Å². The number of carbonyl (C=O) groups is 1. The molecule has 0 fully saturated rings. The second kappa shape index (κ2) is 6.91. The van der Waals surface area contributed by atoms with E-state index in [4.69, 9.17) is 5.11 Å². The summed E-state index contributed by atoms with van der Waals surface area (Å²) in [6.07, 6.45) is -0.0116. The SMILES string of the molecule is CC.Cc1cccc(-c2nc(CC(=O)O)cs2)c1. The molecule has 2 aromatic rings. The highest BCUT2D eigenvalue weighted by atomic mass is 32.1. The van der Waals surface area contributed by atoms with Crippen LogP contribution in [-0.4, -0.2) is 16.1 Å². The Morgan fingerprint density at radius 1 is 1.39 bits per heavy atom. The van der Waals surface area contributed by atoms with E-state index in [9.17, 15) is 4.79 Å². The lowest BCUT2D eigenvalue weighted by atomic mass is 10.1. The van der Waals surface area contributed by atoms with Crippen LogP contribution in [0, 0.1) is 6.92 Å². The largest absolute Gasteiger partial charge is 0.481 e. The number of hydrogen-bond acceptors (Lipinski definition) is 3. The van der Waals surface area contributed by atoms with Crippen molar-refractivity contribution in [2.24, 2.45) is 0 Å². The zero-order valence-corrected chi connectivity index (χ0v) is 11.6. The van der Waals surface area contributed by atoms with Gasteiger partial charge in [0.2, 0.25) is 0 Å². The Morgan fingerprint density at radius 2 is 2.11 bits per heavy atom. The van der Waals surface area contributed by atoms with Gasteiger partial charge in [-0.25, -0.2) is 4.98 Å². The van der Waals surface area contributed by atoms with Gasteiger partial charge in [-0.05, 0) is 13.0 Å². The summed E-state index contributed by atoms with van der Waals surface area (Å²) in [5.41, 5.74) is 2.84. The molecule has 0 saturated carbocycles. The number of thiazole rings is 1. The number of aliphatic carboxylic acids is 1. The Balaban J connectivity index is 0.000000771. The number of carboxylic acid groups (broad SMARTS) is 1. The fourth-order valence-electron chi connectivity index (χ4n) is 1.45. The van der Waals surface area contributed by atoms with Gasteiger partial charge in [0.1, 0.15) is 5.01 Å². The van der Waals surface area contributed by atoms with E-state index >= 15 is 0 Å². The van der Waals surface area contributed by atoms with Crippen LogP contribution in [-0.2, 0) is 11.2 Å². The van der Waals surface area contributed by atoms with Crippen molar-refractivity contribution in [3.05, 3.63) is 40.9 Å². The zero-order chi connectivity index (χ0) is 13.5. The molecule has 4 heteroatoms. The van der Waals surface area contributed by atoms with Crippen LogP contribution in [0.2, 0.25) is 0 Å². The molecule has 0 unspecified atom stereocenters. The monoisotopic (exact) mass is 263 g/mol. The predicted octanol–water partition coefficient (Wildman–Crippen LogP) is 3.77. The van der Waals surface area contributed by atoms with Crippen LogP contribution in [0.1, 0.15) is 25.1 Å². The Bertz CT molecular complexity index is 520. The van der Waals surface area contributed by atoms with Crippen molar-refractivity contribution in [2.45, 2.75) is 27.2 Å². The third kappa shape index (κ3) is 3.96. The second-order valence-corrected chi connectivity index (χ2v) is 4.44. The Hall–Kier alpha value is -1.68. The van der Waals surface area contributed by atoms with E-state index in [1.807, 2.05) is 45.0 Å². The summed E-state index contributed by atoms with van der Waals surface area (Å²) in [7, 11) is 0. The third-order valence-electron chi connectivity index (χ3n) is 2.15. The Morgan fingerprint density at radius 3 is 2.72 bits per heavy atom. The normalized spacial score (nSPS) is 9.50. The van der Waals surface area contributed by atoms with Gasteiger partial charge in [0, 0.05) is 10.9 Å². The van der Waals surface area contributed by atoms with Crippen molar-refractivity contribution in [2.75, 3.05) is 0 Å². The van der Waals surface area contributed by atoms with Gasteiger partial charge in [-0.1, -0.05) is 37.6 Å². The lowest BCUT2D eigenvalue weighted by Crippen LogP contribution is -1.99. The van der Waals surface area contributed by atoms with E-state index in [1.54, 1.807) is 5.38 Å². The molecule has 18 heavy (non-hydrogen) atoms. The Kier molecular flexibility index (Phi) is 5.52. The van der Waals surface area contributed by atoms with E-state index in [-0.39, 0.29) is 6.42 Å². The van der Waals surface area contributed by atoms with Gasteiger partial charge < -0.3 is 5.11 Å². The van der Waals surface area contributed by atoms with E-state index < -0.39 is 5.97 Å². The first kappa shape index (κ1) is 14.4. The molecule has 2 rings (SSSR count). The van der Waals surface area contributed by atoms with Crippen LogP contribution in [0.25, 0.3) is 10.6 Å². The molecular formula is C14H17NO2S. The number of carboxylic acids is 1. The summed E-state index contributed by atoms with van der Waals surface area (Å²) >= 11 is 1.48. The van der Waals surface area contributed by atoms with Crippen LogP contribution in [0.15, 0.2) is 29.6 Å². The first-order chi connectivity index (χ1) is 8.65. The summed E-state index contributed by atoms with van der Waals surface area (Å²) in [6.45, 7) is 6.02. The van der Waals surface area contributed by atoms with Gasteiger partial charge in [0.15, 0.2) is 0 Å². The number of hydrogen-bond donors (Lipinski definition) is 1. The summed E-state index contributed by atoms with van der Waals surface area (Å²) in [6, 6.07) is 8.03. The number of rotatable bonds is 3. The molecule has 0 bridgehead atoms. The van der Waals surface area contributed by atoms with Crippen molar-refractivity contribution in [1.82, 2.24) is 4.98 Å². The minimum Gasteiger partial charge on any atom is -0.481 e. The molecule has 1 aromatic carbocycles. The summed E-state index contributed by atoms with van der Waals surface area (Å²) in [5.74, 6) is -0.846. The van der Waals surface area contributed by atoms with Crippen LogP contribution >= 0.6 is 11.3 Å². The number of aromatic nitrogens is 1. The molecule has 0 atom stereocenters. The van der Waals surface area contributed by atoms with Crippen LogP contribution in [0.3, 0.4) is 0 Å². The average Bonchev–Trinajstić information content (AvgIpc) is 2.79. The predicted molar refractivity (Wildman–Crippen MR) is 75.0 cm³/mol. The van der Waals surface area contributed by atoms with E-state index in [1.165, 1.54) is 16.9 Å². The summed E-state index contributed by atoms with van der Waals surface area (Å²) in [4.78, 5) is 14.8. The van der Waals surface area contributed by atoms with Crippen molar-refractivity contribution >= 4 is 17.3 Å². The number of nitrogens with zero attached hydrogens (tertiary/aromatic N) is 1. The van der Waals surface area contributed by atoms with E-state index in [0.29, 0.717) is 5.69 Å². The molecule has 1 N–H and O–H groups in total. The van der Waals surface area contributed by atoms with Gasteiger partial charge in [0.05, 0.1) is 12.1 Å². The lowest BCUT2D eigenvalue weighted by molar-refractivity contribution is -0.136. The molecule has 3 nitrogen and oxygen atoms in total. The summed E-state index contributed by atoms with van der Waals surface area (Å²) < 4.78 is 0. The number of benzene rings is 1. The lowest BCUT2D eigenvalue weighted by Gasteiger charge is -1.97. The van der Waals surface area contributed by atoms with Gasteiger partial charge in [0.25, 0.3) is 0 Å². The van der Waals surface area contributed by atoms with Crippen molar-refractivity contribution in [1.29, 1.82) is 0 Å². The maximum atomic E-state index is 10.5. The smallest absolute Gasteiger partial charge is 0.309 e. The Labute approximate surface area is 111 Å². The van der Waals surface area contributed by atoms with Gasteiger partial charge in [-0.2, -0.15) is 0 Å². The molecule has 96 valence electrons. The standard InChI is InChI=1S/C12H11NO2S.C2H6/c1-8-3-2-4-9(5-8)12-13-10(7-16-12)6-11(14)15;1-2/h2-5,7H,6H2,1H3,(H,14,15);1-2H3. The molecule has 1 heterocycles. The minimum atomic E-state index is -0.846. The molecular weight excluding hydrogens is 246 g/mol. The third-order valence-corrected chi connectivity index (χ3v) is 3.09. The van der Waals surface area contributed by atoms with E-state index in [2.05, 4.69) is 4.98 Å². The van der Waals surface area contributed by atoms with Crippen molar-refractivity contribution in [3.8, 4) is 10.6 Å². The summed E-state index contributed by atoms with van der Waals surface area (Å²) in [5, 5.41) is 11.3. The molecule has 0 saturated heterocycles. The molecule has 0 aliphatic carbocycles. The fourth-order valence-corrected chi connectivity index (χ4v) is 2.27.